The molecule has 3 nitrogen and oxygen atoms in total. The highest BCUT2D eigenvalue weighted by Crippen LogP contribution is 2.16. The van der Waals surface area contributed by atoms with E-state index in [-0.39, 0.29) is 11.9 Å². The Balaban J connectivity index is 1.94. The van der Waals surface area contributed by atoms with E-state index in [4.69, 9.17) is 4.74 Å². The van der Waals surface area contributed by atoms with Crippen LogP contribution in [0.2, 0.25) is 0 Å². The van der Waals surface area contributed by atoms with Gasteiger partial charge in [0.05, 0.1) is 6.04 Å². The lowest BCUT2D eigenvalue weighted by Crippen LogP contribution is -2.37. The molecule has 0 aromatic heterocycles. The number of aryl methyl sites for hydroxylation is 2. The first-order valence-corrected chi connectivity index (χ1v) is 7.56. The molecule has 0 saturated heterocycles. The molecule has 22 heavy (non-hydrogen) atoms. The lowest BCUT2D eigenvalue weighted by atomic mass is 10.1. The Bertz CT molecular complexity index is 634. The van der Waals surface area contributed by atoms with Crippen molar-refractivity contribution < 1.29 is 9.53 Å². The van der Waals surface area contributed by atoms with Crippen molar-refractivity contribution in [3.05, 3.63) is 65.2 Å². The van der Waals surface area contributed by atoms with Crippen molar-refractivity contribution in [1.29, 1.82) is 0 Å². The zero-order valence-corrected chi connectivity index (χ0v) is 13.6. The van der Waals surface area contributed by atoms with E-state index in [0.717, 1.165) is 11.1 Å². The first kappa shape index (κ1) is 16.1. The number of rotatable bonds is 5. The molecule has 0 heterocycles. The highest BCUT2D eigenvalue weighted by atomic mass is 16.5. The Kier molecular flexibility index (Phi) is 5.21. The first-order chi connectivity index (χ1) is 10.5. The normalized spacial score (nSPS) is 13.3. The van der Waals surface area contributed by atoms with Crippen LogP contribution in [0.4, 0.5) is 0 Å². The fraction of sp³-hybridized carbons (Fsp3) is 0.316. The molecule has 116 valence electrons. The maximum absolute atomic E-state index is 12.2. The van der Waals surface area contributed by atoms with Gasteiger partial charge in [0.15, 0.2) is 6.10 Å². The maximum Gasteiger partial charge on any atom is 0.261 e. The van der Waals surface area contributed by atoms with Gasteiger partial charge in [-0.05, 0) is 51.0 Å². The van der Waals surface area contributed by atoms with Crippen LogP contribution < -0.4 is 10.1 Å². The van der Waals surface area contributed by atoms with E-state index in [1.54, 1.807) is 6.92 Å². The smallest absolute Gasteiger partial charge is 0.261 e. The van der Waals surface area contributed by atoms with Gasteiger partial charge in [0.2, 0.25) is 0 Å². The van der Waals surface area contributed by atoms with Crippen molar-refractivity contribution in [2.45, 2.75) is 39.8 Å². The zero-order chi connectivity index (χ0) is 16.1. The van der Waals surface area contributed by atoms with Crippen LogP contribution in [0.5, 0.6) is 5.75 Å². The average Bonchev–Trinajstić information content (AvgIpc) is 2.47. The van der Waals surface area contributed by atoms with E-state index in [1.165, 1.54) is 5.56 Å². The summed E-state index contributed by atoms with van der Waals surface area (Å²) in [5.41, 5.74) is 3.40. The second-order valence-corrected chi connectivity index (χ2v) is 5.72. The molecule has 0 fully saturated rings. The number of benzene rings is 2. The molecule has 3 heteroatoms. The van der Waals surface area contributed by atoms with E-state index in [1.807, 2.05) is 69.3 Å². The van der Waals surface area contributed by atoms with Crippen molar-refractivity contribution in [3.8, 4) is 5.75 Å². The Hall–Kier alpha value is -2.29. The lowest BCUT2D eigenvalue weighted by Gasteiger charge is -2.19. The fourth-order valence-corrected chi connectivity index (χ4v) is 2.22. The molecule has 0 radical (unpaired) electrons. The molecule has 0 bridgehead atoms. The van der Waals surface area contributed by atoms with Crippen molar-refractivity contribution in [2.24, 2.45) is 0 Å². The molecule has 2 rings (SSSR count). The number of hydrogen-bond donors (Lipinski definition) is 1. The van der Waals surface area contributed by atoms with Crippen LogP contribution in [0.3, 0.4) is 0 Å². The van der Waals surface area contributed by atoms with Crippen molar-refractivity contribution in [2.75, 3.05) is 0 Å². The minimum Gasteiger partial charge on any atom is -0.481 e. The predicted octanol–water partition coefficient (Wildman–Crippen LogP) is 3.95. The third-order valence-corrected chi connectivity index (χ3v) is 3.61. The third-order valence-electron chi connectivity index (χ3n) is 3.61. The Morgan fingerprint density at radius 3 is 2.32 bits per heavy atom. The van der Waals surface area contributed by atoms with Crippen molar-refractivity contribution in [3.63, 3.8) is 0 Å². The molecule has 2 aromatic rings. The highest BCUT2D eigenvalue weighted by molar-refractivity contribution is 5.81. The largest absolute Gasteiger partial charge is 0.481 e. The number of hydrogen-bond acceptors (Lipinski definition) is 2. The summed E-state index contributed by atoms with van der Waals surface area (Å²) in [6.07, 6.45) is -0.533. The molecule has 0 aliphatic carbocycles. The quantitative estimate of drug-likeness (QED) is 0.907. The van der Waals surface area contributed by atoms with Crippen LogP contribution in [-0.4, -0.2) is 12.0 Å². The summed E-state index contributed by atoms with van der Waals surface area (Å²) in [4.78, 5) is 12.2. The van der Waals surface area contributed by atoms with Gasteiger partial charge in [0.1, 0.15) is 5.75 Å². The summed E-state index contributed by atoms with van der Waals surface area (Å²) in [7, 11) is 0. The zero-order valence-electron chi connectivity index (χ0n) is 13.6. The monoisotopic (exact) mass is 297 g/mol. The number of carbonyl (C=O) groups excluding carboxylic acids is 1. The first-order valence-electron chi connectivity index (χ1n) is 7.56. The number of ether oxygens (including phenoxy) is 1. The minimum atomic E-state index is -0.533. The second-order valence-electron chi connectivity index (χ2n) is 5.72. The van der Waals surface area contributed by atoms with Gasteiger partial charge in [-0.2, -0.15) is 0 Å². The van der Waals surface area contributed by atoms with Gasteiger partial charge >= 0.3 is 0 Å². The van der Waals surface area contributed by atoms with Crippen LogP contribution >= 0.6 is 0 Å². The summed E-state index contributed by atoms with van der Waals surface area (Å²) in [6.45, 7) is 7.78. The van der Waals surface area contributed by atoms with Crippen LogP contribution in [0.15, 0.2) is 48.5 Å². The van der Waals surface area contributed by atoms with Gasteiger partial charge in [-0.25, -0.2) is 0 Å². The van der Waals surface area contributed by atoms with Gasteiger partial charge in [-0.3, -0.25) is 4.79 Å². The van der Waals surface area contributed by atoms with Crippen LogP contribution in [0, 0.1) is 13.8 Å². The second kappa shape index (κ2) is 7.12. The molecule has 0 aliphatic rings. The predicted molar refractivity (Wildman–Crippen MR) is 89.0 cm³/mol. The summed E-state index contributed by atoms with van der Waals surface area (Å²) in [6, 6.07) is 15.8. The number of nitrogens with one attached hydrogen (secondary N) is 1. The molecule has 0 spiro atoms. The van der Waals surface area contributed by atoms with Crippen LogP contribution in [0.1, 0.15) is 36.6 Å². The average molecular weight is 297 g/mol. The summed E-state index contributed by atoms with van der Waals surface area (Å²) in [5.74, 6) is 0.597. The summed E-state index contributed by atoms with van der Waals surface area (Å²) in [5, 5.41) is 2.99. The highest BCUT2D eigenvalue weighted by Gasteiger charge is 2.17. The van der Waals surface area contributed by atoms with Gasteiger partial charge in [-0.15, -0.1) is 0 Å². The molecule has 1 amide bonds. The van der Waals surface area contributed by atoms with E-state index in [2.05, 4.69) is 5.32 Å². The van der Waals surface area contributed by atoms with Crippen molar-refractivity contribution in [1.82, 2.24) is 5.32 Å². The molecular formula is C19H23NO2. The SMILES string of the molecule is Cc1ccc([C@H](C)NC(=O)[C@@H](C)Oc2cccc(C)c2)cc1. The van der Waals surface area contributed by atoms with E-state index < -0.39 is 6.10 Å². The Morgan fingerprint density at radius 1 is 1.00 bits per heavy atom. The molecule has 1 N–H and O–H groups in total. The van der Waals surface area contributed by atoms with Gasteiger partial charge in [0, 0.05) is 0 Å². The van der Waals surface area contributed by atoms with E-state index in [9.17, 15) is 4.79 Å². The molecule has 0 unspecified atom stereocenters. The third kappa shape index (κ3) is 4.35. The topological polar surface area (TPSA) is 38.3 Å². The molecule has 2 aromatic carbocycles. The summed E-state index contributed by atoms with van der Waals surface area (Å²) < 4.78 is 5.70. The molecule has 2 atom stereocenters. The summed E-state index contributed by atoms with van der Waals surface area (Å²) >= 11 is 0. The van der Waals surface area contributed by atoms with E-state index >= 15 is 0 Å². The number of carbonyl (C=O) groups is 1. The lowest BCUT2D eigenvalue weighted by molar-refractivity contribution is -0.127. The van der Waals surface area contributed by atoms with E-state index in [0.29, 0.717) is 5.75 Å². The maximum atomic E-state index is 12.2. The van der Waals surface area contributed by atoms with Gasteiger partial charge < -0.3 is 10.1 Å². The standard InChI is InChI=1S/C19H23NO2/c1-13-8-10-17(11-9-13)15(3)20-19(21)16(4)22-18-7-5-6-14(2)12-18/h5-12,15-16H,1-4H3,(H,20,21)/t15-,16+/m0/s1. The Labute approximate surface area is 132 Å². The number of amides is 1. The Morgan fingerprint density at radius 2 is 1.68 bits per heavy atom. The molecule has 0 saturated carbocycles. The van der Waals surface area contributed by atoms with Crippen molar-refractivity contribution >= 4 is 5.91 Å². The minimum absolute atomic E-state index is 0.0448. The van der Waals surface area contributed by atoms with Crippen LogP contribution in [0.25, 0.3) is 0 Å². The van der Waals surface area contributed by atoms with Gasteiger partial charge in [0.25, 0.3) is 5.91 Å². The molecule has 0 aliphatic heterocycles. The van der Waals surface area contributed by atoms with Crippen LogP contribution in [-0.2, 0) is 4.79 Å². The molecular weight excluding hydrogens is 274 g/mol. The fourth-order valence-electron chi connectivity index (χ4n) is 2.22. The van der Waals surface area contributed by atoms with Gasteiger partial charge in [-0.1, -0.05) is 42.0 Å².